The molecule has 9 heteroatoms. The van der Waals surface area contributed by atoms with E-state index in [1.165, 1.54) is 43.5 Å². The Morgan fingerprint density at radius 3 is 1.89 bits per heavy atom. The van der Waals surface area contributed by atoms with Crippen molar-refractivity contribution in [3.8, 4) is 0 Å². The van der Waals surface area contributed by atoms with Gasteiger partial charge in [0.05, 0.1) is 0 Å². The second kappa shape index (κ2) is 10.6. The summed E-state index contributed by atoms with van der Waals surface area (Å²) in [6.07, 6.45) is 5.64. The summed E-state index contributed by atoms with van der Waals surface area (Å²) in [5.74, 6) is -0.541. The maximum Gasteiger partial charge on any atom is 0.408 e. The van der Waals surface area contributed by atoms with Gasteiger partial charge in [0.25, 0.3) is 0 Å². The first-order valence-electron chi connectivity index (χ1n) is 13.3. The van der Waals surface area contributed by atoms with Crippen LogP contribution in [-0.2, 0) is 27.2 Å². The highest BCUT2D eigenvalue weighted by Crippen LogP contribution is 2.57. The molecule has 0 aromatic heterocycles. The average molecular weight is 524 g/mol. The van der Waals surface area contributed by atoms with Crippen molar-refractivity contribution in [2.24, 2.45) is 17.8 Å². The molecule has 202 valence electrons. The monoisotopic (exact) mass is 523 g/mol. The number of rotatable bonds is 9. The Labute approximate surface area is 221 Å². The maximum atomic E-state index is 13.3. The fourth-order valence-electron chi connectivity index (χ4n) is 6.95. The maximum absolute atomic E-state index is 13.3. The van der Waals surface area contributed by atoms with Crippen LogP contribution in [0, 0.1) is 23.6 Å². The van der Waals surface area contributed by atoms with E-state index in [0.717, 1.165) is 24.8 Å². The molecule has 4 fully saturated rings. The molecule has 4 saturated carbocycles. The van der Waals surface area contributed by atoms with Gasteiger partial charge in [0.2, 0.25) is 5.91 Å². The molecule has 2 aromatic rings. The minimum Gasteiger partial charge on any atom is -0.480 e. The van der Waals surface area contributed by atoms with E-state index in [1.807, 2.05) is 0 Å². The van der Waals surface area contributed by atoms with Crippen LogP contribution < -0.4 is 16.4 Å². The Hall–Kier alpha value is -3.62. The van der Waals surface area contributed by atoms with Crippen molar-refractivity contribution < 1.29 is 28.6 Å². The molecule has 0 radical (unpaired) electrons. The van der Waals surface area contributed by atoms with E-state index < -0.39 is 41.5 Å². The highest BCUT2D eigenvalue weighted by Gasteiger charge is 2.53. The lowest BCUT2D eigenvalue weighted by atomic mass is 9.54. The normalized spacial score (nSPS) is 26.8. The van der Waals surface area contributed by atoms with Crippen LogP contribution in [0.25, 0.3) is 0 Å². The fraction of sp³-hybridized carbons (Fsp3) is 0.483. The van der Waals surface area contributed by atoms with Crippen LogP contribution in [-0.4, -0.2) is 40.8 Å². The molecular formula is C29H34FN3O5. The molecule has 2 amide bonds. The van der Waals surface area contributed by atoms with E-state index in [-0.39, 0.29) is 12.8 Å². The highest BCUT2D eigenvalue weighted by molar-refractivity contribution is 5.89. The first kappa shape index (κ1) is 26.0. The minimum atomic E-state index is -1.26. The predicted octanol–water partition coefficient (Wildman–Crippen LogP) is 3.83. The smallest absolute Gasteiger partial charge is 0.408 e. The van der Waals surface area contributed by atoms with Crippen molar-refractivity contribution in [1.29, 1.82) is 0 Å². The Bertz CT molecular complexity index is 1150. The van der Waals surface area contributed by atoms with Crippen molar-refractivity contribution >= 4 is 23.7 Å². The first-order chi connectivity index (χ1) is 18.2. The summed E-state index contributed by atoms with van der Waals surface area (Å²) in [6.45, 7) is 0. The zero-order valence-electron chi connectivity index (χ0n) is 21.2. The molecule has 2 unspecified atom stereocenters. The van der Waals surface area contributed by atoms with Gasteiger partial charge in [0.15, 0.2) is 0 Å². The molecule has 0 saturated heterocycles. The number of carboxylic acids is 1. The van der Waals surface area contributed by atoms with Gasteiger partial charge in [-0.1, -0.05) is 24.3 Å². The molecule has 2 aromatic carbocycles. The van der Waals surface area contributed by atoms with Gasteiger partial charge in [-0.05, 0) is 91.7 Å². The summed E-state index contributed by atoms with van der Waals surface area (Å²) in [7, 11) is 0. The van der Waals surface area contributed by atoms with Gasteiger partial charge in [-0.15, -0.1) is 0 Å². The number of amides is 2. The Morgan fingerprint density at radius 1 is 0.868 bits per heavy atom. The third-order valence-electron chi connectivity index (χ3n) is 8.29. The summed E-state index contributed by atoms with van der Waals surface area (Å²) >= 11 is 0. The van der Waals surface area contributed by atoms with E-state index in [4.69, 9.17) is 10.5 Å². The molecule has 0 spiro atoms. The number of carboxylic acid groups (broad SMARTS) is 1. The second-order valence-corrected chi connectivity index (χ2v) is 11.4. The van der Waals surface area contributed by atoms with Crippen molar-refractivity contribution in [3.05, 3.63) is 65.5 Å². The summed E-state index contributed by atoms with van der Waals surface area (Å²) < 4.78 is 19.3. The topological polar surface area (TPSA) is 131 Å². The van der Waals surface area contributed by atoms with Crippen LogP contribution in [0.1, 0.15) is 49.7 Å². The molecule has 4 aliphatic carbocycles. The molecule has 4 aliphatic rings. The SMILES string of the molecule is Nc1ccc(CC(NC(=O)OC23CC4CC(CC(C4)C2)C3)C(=O)NC(Cc2ccc(F)cc2)C(=O)O)cc1. The molecule has 2 atom stereocenters. The van der Waals surface area contributed by atoms with Crippen molar-refractivity contribution in [1.82, 2.24) is 10.6 Å². The largest absolute Gasteiger partial charge is 0.480 e. The summed E-state index contributed by atoms with van der Waals surface area (Å²) in [5.41, 5.74) is 7.18. The van der Waals surface area contributed by atoms with Crippen LogP contribution in [0.2, 0.25) is 0 Å². The van der Waals surface area contributed by atoms with Crippen LogP contribution in [0.5, 0.6) is 0 Å². The number of hydrogen-bond acceptors (Lipinski definition) is 5. The minimum absolute atomic E-state index is 0.0341. The molecule has 8 nitrogen and oxygen atoms in total. The molecule has 4 bridgehead atoms. The number of benzene rings is 2. The van der Waals surface area contributed by atoms with E-state index >= 15 is 0 Å². The van der Waals surface area contributed by atoms with Gasteiger partial charge in [0.1, 0.15) is 23.5 Å². The Kier molecular flexibility index (Phi) is 7.27. The van der Waals surface area contributed by atoms with E-state index in [1.54, 1.807) is 24.3 Å². The number of carbonyl (C=O) groups excluding carboxylic acids is 2. The number of ether oxygens (including phenoxy) is 1. The number of halogens is 1. The third kappa shape index (κ3) is 6.09. The highest BCUT2D eigenvalue weighted by atomic mass is 19.1. The molecule has 6 rings (SSSR count). The molecule has 38 heavy (non-hydrogen) atoms. The van der Waals surface area contributed by atoms with Crippen LogP contribution in [0.15, 0.2) is 48.5 Å². The Morgan fingerprint density at radius 2 is 1.37 bits per heavy atom. The number of carbonyl (C=O) groups is 3. The number of aliphatic carboxylic acids is 1. The van der Waals surface area contributed by atoms with E-state index in [2.05, 4.69) is 10.6 Å². The molecule has 0 heterocycles. The van der Waals surface area contributed by atoms with Crippen molar-refractivity contribution in [2.45, 2.75) is 69.1 Å². The van der Waals surface area contributed by atoms with Gasteiger partial charge < -0.3 is 26.2 Å². The lowest BCUT2D eigenvalue weighted by Gasteiger charge is -2.55. The van der Waals surface area contributed by atoms with Crippen LogP contribution >= 0.6 is 0 Å². The number of nitrogens with one attached hydrogen (secondary N) is 2. The van der Waals surface area contributed by atoms with Gasteiger partial charge in [-0.25, -0.2) is 14.0 Å². The molecular weight excluding hydrogens is 489 g/mol. The van der Waals surface area contributed by atoms with Crippen LogP contribution in [0.3, 0.4) is 0 Å². The number of nitrogens with two attached hydrogens (primary N) is 1. The van der Waals surface area contributed by atoms with Gasteiger partial charge in [-0.3, -0.25) is 4.79 Å². The number of hydrogen-bond donors (Lipinski definition) is 4. The summed E-state index contributed by atoms with van der Waals surface area (Å²) in [4.78, 5) is 38.4. The average Bonchev–Trinajstić information content (AvgIpc) is 2.84. The van der Waals surface area contributed by atoms with Gasteiger partial charge in [-0.2, -0.15) is 0 Å². The Balaban J connectivity index is 1.29. The third-order valence-corrected chi connectivity index (χ3v) is 8.29. The molecule has 0 aliphatic heterocycles. The lowest BCUT2D eigenvalue weighted by molar-refractivity contribution is -0.142. The summed E-state index contributed by atoms with van der Waals surface area (Å²) in [6, 6.07) is 10.0. The number of alkyl carbamates (subject to hydrolysis) is 1. The zero-order valence-corrected chi connectivity index (χ0v) is 21.2. The lowest BCUT2D eigenvalue weighted by Crippen LogP contribution is -2.57. The fourth-order valence-corrected chi connectivity index (χ4v) is 6.95. The number of anilines is 1. The van der Waals surface area contributed by atoms with Crippen LogP contribution in [0.4, 0.5) is 14.9 Å². The van der Waals surface area contributed by atoms with E-state index in [9.17, 15) is 23.9 Å². The first-order valence-corrected chi connectivity index (χ1v) is 13.3. The molecule has 5 N–H and O–H groups in total. The number of nitrogen functional groups attached to an aromatic ring is 1. The standard InChI is InChI=1S/C29H34FN3O5/c30-22-5-1-17(2-6-22)13-25(27(35)36)32-26(34)24(12-18-3-7-23(31)8-4-18)33-28(37)38-29-14-19-9-20(15-29)11-21(10-19)16-29/h1-8,19-21,24-25H,9-16,31H2,(H,32,34)(H,33,37)(H,35,36). The quantitative estimate of drug-likeness (QED) is 0.370. The van der Waals surface area contributed by atoms with E-state index in [0.29, 0.717) is 29.0 Å². The summed E-state index contributed by atoms with van der Waals surface area (Å²) in [5, 5.41) is 15.0. The zero-order chi connectivity index (χ0) is 26.9. The van der Waals surface area contributed by atoms with Crippen molar-refractivity contribution in [2.75, 3.05) is 5.73 Å². The second-order valence-electron chi connectivity index (χ2n) is 11.4. The predicted molar refractivity (Wildman–Crippen MR) is 139 cm³/mol. The van der Waals surface area contributed by atoms with Gasteiger partial charge >= 0.3 is 12.1 Å². The van der Waals surface area contributed by atoms with Crippen molar-refractivity contribution in [3.63, 3.8) is 0 Å². The van der Waals surface area contributed by atoms with Gasteiger partial charge in [0, 0.05) is 18.5 Å².